The second-order valence-electron chi connectivity index (χ2n) is 5.24. The molecule has 0 aliphatic heterocycles. The van der Waals surface area contributed by atoms with Crippen molar-refractivity contribution in [3.63, 3.8) is 0 Å². The molecule has 4 rings (SSSR count). The Labute approximate surface area is 107 Å². The van der Waals surface area contributed by atoms with E-state index < -0.39 is 0 Å². The van der Waals surface area contributed by atoms with E-state index in [1.165, 1.54) is 38.9 Å². The van der Waals surface area contributed by atoms with Gasteiger partial charge in [-0.3, -0.25) is 0 Å². The summed E-state index contributed by atoms with van der Waals surface area (Å²) in [6, 6.07) is 15.5. The summed E-state index contributed by atoms with van der Waals surface area (Å²) < 4.78 is 2.34. The maximum Gasteiger partial charge on any atom is 0.0527 e. The number of benzene rings is 2. The average Bonchev–Trinajstić information content (AvgIpc) is 2.87. The fraction of sp³-hybridized carbons (Fsp3) is 0.176. The van der Waals surface area contributed by atoms with Gasteiger partial charge < -0.3 is 4.57 Å². The van der Waals surface area contributed by atoms with E-state index in [-0.39, 0.29) is 0 Å². The number of fused-ring (bicyclic) bond motifs is 5. The van der Waals surface area contributed by atoms with Crippen LogP contribution in [-0.4, -0.2) is 4.57 Å². The van der Waals surface area contributed by atoms with E-state index in [9.17, 15) is 0 Å². The number of para-hydroxylation sites is 1. The van der Waals surface area contributed by atoms with E-state index in [1.54, 1.807) is 0 Å². The van der Waals surface area contributed by atoms with Gasteiger partial charge in [0.25, 0.3) is 0 Å². The van der Waals surface area contributed by atoms with Gasteiger partial charge in [0, 0.05) is 29.9 Å². The van der Waals surface area contributed by atoms with Gasteiger partial charge in [-0.05, 0) is 24.1 Å². The molecule has 0 unspecified atom stereocenters. The largest absolute Gasteiger partial charge is 0.343 e. The molecule has 18 heavy (non-hydrogen) atoms. The molecule has 1 heteroatoms. The lowest BCUT2D eigenvalue weighted by atomic mass is 10.1. The third-order valence-electron chi connectivity index (χ3n) is 4.09. The SMILES string of the molecule is Cc1ccc2c(c1)Cc1c-2n(C)c2ccccc12. The molecule has 0 fully saturated rings. The van der Waals surface area contributed by atoms with Crippen molar-refractivity contribution in [3.8, 4) is 11.3 Å². The first kappa shape index (κ1) is 9.95. The van der Waals surface area contributed by atoms with Crippen LogP contribution in [0.15, 0.2) is 42.5 Å². The van der Waals surface area contributed by atoms with Gasteiger partial charge in [0.05, 0.1) is 5.69 Å². The molecule has 0 radical (unpaired) electrons. The summed E-state index contributed by atoms with van der Waals surface area (Å²) in [5.74, 6) is 0. The Morgan fingerprint density at radius 2 is 1.89 bits per heavy atom. The van der Waals surface area contributed by atoms with Crippen LogP contribution in [0.3, 0.4) is 0 Å². The average molecular weight is 233 g/mol. The first-order valence-electron chi connectivity index (χ1n) is 6.42. The molecule has 0 N–H and O–H groups in total. The van der Waals surface area contributed by atoms with Crippen LogP contribution in [0.1, 0.15) is 16.7 Å². The molecule has 0 atom stereocenters. The van der Waals surface area contributed by atoms with E-state index in [0.717, 1.165) is 6.42 Å². The number of aryl methyl sites for hydroxylation is 2. The molecule has 0 saturated carbocycles. The predicted octanol–water partition coefficient (Wildman–Crippen LogP) is 4.06. The van der Waals surface area contributed by atoms with Gasteiger partial charge in [0.15, 0.2) is 0 Å². The molecule has 0 amide bonds. The Kier molecular flexibility index (Phi) is 1.80. The quantitative estimate of drug-likeness (QED) is 0.431. The van der Waals surface area contributed by atoms with E-state index >= 15 is 0 Å². The van der Waals surface area contributed by atoms with Gasteiger partial charge in [0.2, 0.25) is 0 Å². The monoisotopic (exact) mass is 233 g/mol. The van der Waals surface area contributed by atoms with Gasteiger partial charge in [-0.1, -0.05) is 42.0 Å². The number of hydrogen-bond donors (Lipinski definition) is 0. The summed E-state index contributed by atoms with van der Waals surface area (Å²) in [6.45, 7) is 2.17. The number of aromatic nitrogens is 1. The third kappa shape index (κ3) is 1.11. The fourth-order valence-electron chi connectivity index (χ4n) is 3.28. The minimum absolute atomic E-state index is 1.08. The van der Waals surface area contributed by atoms with E-state index in [0.29, 0.717) is 0 Å². The lowest BCUT2D eigenvalue weighted by Crippen LogP contribution is -1.91. The Hall–Kier alpha value is -2.02. The maximum absolute atomic E-state index is 2.34. The van der Waals surface area contributed by atoms with Crippen molar-refractivity contribution in [1.82, 2.24) is 4.57 Å². The van der Waals surface area contributed by atoms with Crippen molar-refractivity contribution in [2.24, 2.45) is 7.05 Å². The fourth-order valence-corrected chi connectivity index (χ4v) is 3.28. The van der Waals surface area contributed by atoms with Crippen molar-refractivity contribution in [1.29, 1.82) is 0 Å². The first-order chi connectivity index (χ1) is 8.75. The lowest BCUT2D eigenvalue weighted by Gasteiger charge is -2.05. The van der Waals surface area contributed by atoms with Gasteiger partial charge in [-0.15, -0.1) is 0 Å². The highest BCUT2D eigenvalue weighted by Crippen LogP contribution is 2.42. The zero-order valence-corrected chi connectivity index (χ0v) is 10.7. The summed E-state index contributed by atoms with van der Waals surface area (Å²) >= 11 is 0. The standard InChI is InChI=1S/C17H15N/c1-11-7-8-13-12(9-11)10-15-14-5-3-4-6-16(14)18(2)17(13)15/h3-9H,10H2,1-2H3. The molecule has 1 heterocycles. The smallest absolute Gasteiger partial charge is 0.0527 e. The van der Waals surface area contributed by atoms with Crippen LogP contribution in [0.25, 0.3) is 22.2 Å². The van der Waals surface area contributed by atoms with Crippen molar-refractivity contribution < 1.29 is 0 Å². The molecule has 0 spiro atoms. The van der Waals surface area contributed by atoms with Crippen LogP contribution >= 0.6 is 0 Å². The minimum atomic E-state index is 1.08. The summed E-state index contributed by atoms with van der Waals surface area (Å²) in [5, 5.41) is 1.41. The molecule has 2 aromatic carbocycles. The molecule has 88 valence electrons. The number of hydrogen-bond acceptors (Lipinski definition) is 0. The predicted molar refractivity (Wildman–Crippen MR) is 75.9 cm³/mol. The van der Waals surface area contributed by atoms with Gasteiger partial charge >= 0.3 is 0 Å². The van der Waals surface area contributed by atoms with Gasteiger partial charge in [-0.25, -0.2) is 0 Å². The molecular weight excluding hydrogens is 218 g/mol. The van der Waals surface area contributed by atoms with E-state index in [4.69, 9.17) is 0 Å². The van der Waals surface area contributed by atoms with Crippen molar-refractivity contribution >= 4 is 10.9 Å². The van der Waals surface area contributed by atoms with Crippen LogP contribution in [0.2, 0.25) is 0 Å². The first-order valence-corrected chi connectivity index (χ1v) is 6.42. The van der Waals surface area contributed by atoms with Crippen LogP contribution < -0.4 is 0 Å². The Morgan fingerprint density at radius 3 is 2.78 bits per heavy atom. The summed E-state index contributed by atoms with van der Waals surface area (Å²) in [7, 11) is 2.18. The molecular formula is C17H15N. The molecule has 1 aromatic heterocycles. The topological polar surface area (TPSA) is 4.93 Å². The van der Waals surface area contributed by atoms with Crippen LogP contribution in [0, 0.1) is 6.92 Å². The van der Waals surface area contributed by atoms with Gasteiger partial charge in [0.1, 0.15) is 0 Å². The second-order valence-corrected chi connectivity index (χ2v) is 5.24. The maximum atomic E-state index is 2.34. The highest BCUT2D eigenvalue weighted by atomic mass is 15.0. The van der Waals surface area contributed by atoms with Crippen LogP contribution in [0.4, 0.5) is 0 Å². The van der Waals surface area contributed by atoms with E-state index in [1.807, 2.05) is 0 Å². The van der Waals surface area contributed by atoms with Crippen molar-refractivity contribution in [2.75, 3.05) is 0 Å². The molecule has 1 aliphatic rings. The number of rotatable bonds is 0. The molecule has 1 aliphatic carbocycles. The Balaban J connectivity index is 2.12. The summed E-state index contributed by atoms with van der Waals surface area (Å²) in [4.78, 5) is 0. The molecule has 0 saturated heterocycles. The Bertz CT molecular complexity index is 778. The number of nitrogens with zero attached hydrogens (tertiary/aromatic N) is 1. The van der Waals surface area contributed by atoms with Crippen LogP contribution in [0.5, 0.6) is 0 Å². The van der Waals surface area contributed by atoms with Gasteiger partial charge in [-0.2, -0.15) is 0 Å². The molecule has 1 nitrogen and oxygen atoms in total. The zero-order valence-electron chi connectivity index (χ0n) is 10.7. The lowest BCUT2D eigenvalue weighted by molar-refractivity contribution is 0.978. The second kappa shape index (κ2) is 3.26. The Morgan fingerprint density at radius 1 is 1.06 bits per heavy atom. The van der Waals surface area contributed by atoms with E-state index in [2.05, 4.69) is 61.0 Å². The third-order valence-corrected chi connectivity index (χ3v) is 4.09. The summed E-state index contributed by atoms with van der Waals surface area (Å²) in [6.07, 6.45) is 1.08. The molecule has 0 bridgehead atoms. The summed E-state index contributed by atoms with van der Waals surface area (Å²) in [5.41, 5.74) is 8.48. The highest BCUT2D eigenvalue weighted by molar-refractivity contribution is 5.95. The minimum Gasteiger partial charge on any atom is -0.343 e. The zero-order chi connectivity index (χ0) is 12.3. The molecule has 3 aromatic rings. The highest BCUT2D eigenvalue weighted by Gasteiger charge is 2.24. The van der Waals surface area contributed by atoms with Crippen LogP contribution in [-0.2, 0) is 13.5 Å². The van der Waals surface area contributed by atoms with Crippen molar-refractivity contribution in [3.05, 3.63) is 59.2 Å². The normalized spacial score (nSPS) is 12.8. The van der Waals surface area contributed by atoms with Crippen molar-refractivity contribution in [2.45, 2.75) is 13.3 Å².